The number of nitrogens with zero attached hydrogens (tertiary/aromatic N) is 4. The predicted molar refractivity (Wildman–Crippen MR) is 86.1 cm³/mol. The van der Waals surface area contributed by atoms with Gasteiger partial charge in [0.2, 0.25) is 11.9 Å². The normalized spacial score (nSPS) is 15.8. The number of anilines is 2. The summed E-state index contributed by atoms with van der Waals surface area (Å²) in [5, 5.41) is 5.67. The van der Waals surface area contributed by atoms with Crippen LogP contribution < -0.4 is 5.32 Å². The van der Waals surface area contributed by atoms with E-state index in [9.17, 15) is 4.79 Å². The molecule has 1 aliphatic heterocycles. The van der Waals surface area contributed by atoms with Gasteiger partial charge >= 0.3 is 0 Å². The van der Waals surface area contributed by atoms with Gasteiger partial charge in [0.1, 0.15) is 0 Å². The lowest BCUT2D eigenvalue weighted by Crippen LogP contribution is -2.38. The van der Waals surface area contributed by atoms with Crippen LogP contribution in [0.1, 0.15) is 25.5 Å². The average molecular weight is 317 g/mol. The van der Waals surface area contributed by atoms with Crippen molar-refractivity contribution in [2.45, 2.75) is 26.2 Å². The number of rotatable bonds is 4. The summed E-state index contributed by atoms with van der Waals surface area (Å²) in [5.41, 5.74) is 0.798. The maximum absolute atomic E-state index is 12.3. The molecular weight excluding hydrogens is 298 g/mol. The van der Waals surface area contributed by atoms with Crippen LogP contribution in [0.15, 0.2) is 23.8 Å². The van der Waals surface area contributed by atoms with E-state index < -0.39 is 0 Å². The molecule has 0 saturated carbocycles. The molecule has 1 aliphatic rings. The second kappa shape index (κ2) is 6.83. The lowest BCUT2D eigenvalue weighted by molar-refractivity contribution is -0.131. The van der Waals surface area contributed by atoms with Gasteiger partial charge in [0.15, 0.2) is 5.13 Å². The van der Waals surface area contributed by atoms with Crippen molar-refractivity contribution in [3.63, 3.8) is 0 Å². The molecule has 1 N–H and O–H groups in total. The molecule has 2 aromatic rings. The van der Waals surface area contributed by atoms with Crippen LogP contribution in [0, 0.1) is 5.92 Å². The number of nitrogens with one attached hydrogen (secondary N) is 1. The lowest BCUT2D eigenvalue weighted by atomic mass is 9.99. The Hall–Kier alpha value is -2.02. The van der Waals surface area contributed by atoms with E-state index >= 15 is 0 Å². The van der Waals surface area contributed by atoms with Crippen molar-refractivity contribution >= 4 is 28.3 Å². The summed E-state index contributed by atoms with van der Waals surface area (Å²) in [5.74, 6) is 1.41. The molecule has 0 aromatic carbocycles. The Labute approximate surface area is 133 Å². The van der Waals surface area contributed by atoms with E-state index in [1.807, 2.05) is 10.3 Å². The number of hydrogen-bond donors (Lipinski definition) is 1. The molecule has 1 saturated heterocycles. The van der Waals surface area contributed by atoms with E-state index in [1.54, 1.807) is 18.5 Å². The minimum absolute atomic E-state index is 0.166. The number of aromatic nitrogens is 3. The van der Waals surface area contributed by atoms with Crippen LogP contribution >= 0.6 is 11.3 Å². The van der Waals surface area contributed by atoms with Crippen LogP contribution in [0.5, 0.6) is 0 Å². The first kappa shape index (κ1) is 14.9. The molecular formula is C15H19N5OS. The number of carbonyl (C=O) groups is 1. The third-order valence-corrected chi connectivity index (χ3v) is 4.61. The van der Waals surface area contributed by atoms with Crippen LogP contribution in [0.2, 0.25) is 0 Å². The highest BCUT2D eigenvalue weighted by molar-refractivity contribution is 7.13. The zero-order valence-electron chi connectivity index (χ0n) is 12.5. The van der Waals surface area contributed by atoms with Crippen LogP contribution in [0.25, 0.3) is 0 Å². The highest BCUT2D eigenvalue weighted by atomic mass is 32.1. The zero-order chi connectivity index (χ0) is 15.4. The Morgan fingerprint density at radius 2 is 2.09 bits per heavy atom. The van der Waals surface area contributed by atoms with Crippen molar-refractivity contribution in [3.05, 3.63) is 29.5 Å². The number of likely N-dealkylation sites (tertiary alicyclic amines) is 1. The van der Waals surface area contributed by atoms with E-state index in [4.69, 9.17) is 0 Å². The van der Waals surface area contributed by atoms with Gasteiger partial charge in [-0.2, -0.15) is 0 Å². The summed E-state index contributed by atoms with van der Waals surface area (Å²) >= 11 is 1.46. The van der Waals surface area contributed by atoms with Crippen LogP contribution in [-0.2, 0) is 11.2 Å². The van der Waals surface area contributed by atoms with Crippen molar-refractivity contribution in [3.8, 4) is 0 Å². The molecule has 2 aromatic heterocycles. The fourth-order valence-corrected chi connectivity index (χ4v) is 3.13. The number of amides is 1. The minimum Gasteiger partial charge on any atom is -0.342 e. The monoisotopic (exact) mass is 317 g/mol. The molecule has 3 heterocycles. The summed E-state index contributed by atoms with van der Waals surface area (Å²) in [6.45, 7) is 3.98. The Morgan fingerprint density at radius 3 is 2.82 bits per heavy atom. The van der Waals surface area contributed by atoms with Crippen LogP contribution in [0.4, 0.5) is 11.1 Å². The van der Waals surface area contributed by atoms with E-state index in [0.717, 1.165) is 37.5 Å². The lowest BCUT2D eigenvalue weighted by Gasteiger charge is -2.30. The Bertz CT molecular complexity index is 622. The highest BCUT2D eigenvalue weighted by Gasteiger charge is 2.21. The summed E-state index contributed by atoms with van der Waals surface area (Å²) in [6.07, 6.45) is 5.90. The Kier molecular flexibility index (Phi) is 4.62. The molecule has 0 unspecified atom stereocenters. The fourth-order valence-electron chi connectivity index (χ4n) is 2.43. The number of carbonyl (C=O) groups excluding carboxylic acids is 1. The van der Waals surface area contributed by atoms with E-state index in [-0.39, 0.29) is 5.91 Å². The van der Waals surface area contributed by atoms with Gasteiger partial charge < -0.3 is 10.2 Å². The van der Waals surface area contributed by atoms with Crippen LogP contribution in [0.3, 0.4) is 0 Å². The summed E-state index contributed by atoms with van der Waals surface area (Å²) in [7, 11) is 0. The second-order valence-electron chi connectivity index (χ2n) is 5.58. The standard InChI is InChI=1S/C15H19N5OS/c1-11-3-7-20(8-4-11)13(21)9-12-10-22-15(18-12)19-14-16-5-2-6-17-14/h2,5-6,10-11H,3-4,7-9H2,1H3,(H,16,17,18,19). The molecule has 7 heteroatoms. The zero-order valence-corrected chi connectivity index (χ0v) is 13.3. The first-order valence-corrected chi connectivity index (χ1v) is 8.35. The van der Waals surface area contributed by atoms with Gasteiger partial charge in [-0.05, 0) is 24.8 Å². The summed E-state index contributed by atoms with van der Waals surface area (Å²) in [4.78, 5) is 26.9. The molecule has 116 valence electrons. The van der Waals surface area contributed by atoms with E-state index in [2.05, 4.69) is 27.2 Å². The van der Waals surface area contributed by atoms with Crippen molar-refractivity contribution in [1.29, 1.82) is 0 Å². The maximum atomic E-state index is 12.3. The largest absolute Gasteiger partial charge is 0.342 e. The number of thiazole rings is 1. The third-order valence-electron chi connectivity index (χ3n) is 3.80. The molecule has 0 atom stereocenters. The third kappa shape index (κ3) is 3.79. The number of hydrogen-bond acceptors (Lipinski definition) is 6. The average Bonchev–Trinajstić information content (AvgIpc) is 2.96. The predicted octanol–water partition coefficient (Wildman–Crippen LogP) is 2.48. The van der Waals surface area contributed by atoms with Gasteiger partial charge in [0, 0.05) is 30.9 Å². The van der Waals surface area contributed by atoms with Gasteiger partial charge in [0.25, 0.3) is 0 Å². The molecule has 0 spiro atoms. The van der Waals surface area contributed by atoms with Crippen LogP contribution in [-0.4, -0.2) is 38.8 Å². The molecule has 22 heavy (non-hydrogen) atoms. The van der Waals surface area contributed by atoms with Gasteiger partial charge in [-0.1, -0.05) is 6.92 Å². The molecule has 1 amide bonds. The van der Waals surface area contributed by atoms with Gasteiger partial charge in [0.05, 0.1) is 12.1 Å². The molecule has 1 fully saturated rings. The van der Waals surface area contributed by atoms with Crippen molar-refractivity contribution in [1.82, 2.24) is 19.9 Å². The second-order valence-corrected chi connectivity index (χ2v) is 6.44. The molecule has 0 bridgehead atoms. The van der Waals surface area contributed by atoms with Crippen molar-refractivity contribution < 1.29 is 4.79 Å². The molecule has 6 nitrogen and oxygen atoms in total. The van der Waals surface area contributed by atoms with Gasteiger partial charge in [-0.15, -0.1) is 11.3 Å². The topological polar surface area (TPSA) is 71.0 Å². The summed E-state index contributed by atoms with van der Waals surface area (Å²) in [6, 6.07) is 1.76. The van der Waals surface area contributed by atoms with E-state index in [0.29, 0.717) is 17.5 Å². The maximum Gasteiger partial charge on any atom is 0.228 e. The van der Waals surface area contributed by atoms with Crippen molar-refractivity contribution in [2.75, 3.05) is 18.4 Å². The Balaban J connectivity index is 1.56. The smallest absolute Gasteiger partial charge is 0.228 e. The van der Waals surface area contributed by atoms with Gasteiger partial charge in [-0.3, -0.25) is 4.79 Å². The molecule has 0 radical (unpaired) electrons. The van der Waals surface area contributed by atoms with Crippen molar-refractivity contribution in [2.24, 2.45) is 5.92 Å². The quantitative estimate of drug-likeness (QED) is 0.938. The number of piperidine rings is 1. The molecule has 3 rings (SSSR count). The first-order chi connectivity index (χ1) is 10.7. The SMILES string of the molecule is CC1CCN(C(=O)Cc2csc(Nc3ncccn3)n2)CC1. The van der Waals surface area contributed by atoms with E-state index in [1.165, 1.54) is 11.3 Å². The van der Waals surface area contributed by atoms with Gasteiger partial charge in [-0.25, -0.2) is 15.0 Å². The highest BCUT2D eigenvalue weighted by Crippen LogP contribution is 2.20. The fraction of sp³-hybridized carbons (Fsp3) is 0.467. The molecule has 0 aliphatic carbocycles. The summed E-state index contributed by atoms with van der Waals surface area (Å²) < 4.78 is 0. The minimum atomic E-state index is 0.166. The first-order valence-electron chi connectivity index (χ1n) is 7.47. The Morgan fingerprint density at radius 1 is 1.36 bits per heavy atom.